The molecule has 0 saturated heterocycles. The summed E-state index contributed by atoms with van der Waals surface area (Å²) in [4.78, 5) is 11.5. The molecule has 3 nitrogen and oxygen atoms in total. The number of nitrogens with one attached hydrogen (secondary N) is 1. The van der Waals surface area contributed by atoms with Crippen LogP contribution in [0.2, 0.25) is 0 Å². The van der Waals surface area contributed by atoms with Crippen LogP contribution in [0.4, 0.5) is 0 Å². The SMILES string of the molecule is CSCCCCNC(=O)c1ccc(Br)o1. The number of hydrogen-bond donors (Lipinski definition) is 1. The quantitative estimate of drug-likeness (QED) is 0.820. The van der Waals surface area contributed by atoms with E-state index in [1.54, 1.807) is 12.1 Å². The van der Waals surface area contributed by atoms with Gasteiger partial charge in [0.1, 0.15) is 0 Å². The monoisotopic (exact) mass is 291 g/mol. The zero-order valence-electron chi connectivity index (χ0n) is 8.59. The number of halogens is 1. The summed E-state index contributed by atoms with van der Waals surface area (Å²) in [5, 5.41) is 2.81. The Labute approximate surface area is 102 Å². The first-order valence-corrected chi connectivity index (χ1v) is 6.95. The van der Waals surface area contributed by atoms with Crippen molar-refractivity contribution in [3.05, 3.63) is 22.6 Å². The minimum Gasteiger partial charge on any atom is -0.444 e. The van der Waals surface area contributed by atoms with Gasteiger partial charge in [0.15, 0.2) is 10.4 Å². The maximum Gasteiger partial charge on any atom is 0.287 e. The van der Waals surface area contributed by atoms with E-state index >= 15 is 0 Å². The molecule has 0 fully saturated rings. The zero-order chi connectivity index (χ0) is 11.1. The number of unbranched alkanes of at least 4 members (excludes halogenated alkanes) is 1. The molecule has 0 aromatic carbocycles. The largest absolute Gasteiger partial charge is 0.444 e. The van der Waals surface area contributed by atoms with Crippen LogP contribution in [-0.2, 0) is 0 Å². The number of thioether (sulfide) groups is 1. The molecular formula is C10H14BrNO2S. The van der Waals surface area contributed by atoms with Gasteiger partial charge in [-0.25, -0.2) is 0 Å². The third-order valence-corrected chi connectivity index (χ3v) is 2.98. The van der Waals surface area contributed by atoms with Crippen molar-refractivity contribution in [1.29, 1.82) is 0 Å². The summed E-state index contributed by atoms with van der Waals surface area (Å²) in [6.45, 7) is 0.706. The highest BCUT2D eigenvalue weighted by atomic mass is 79.9. The van der Waals surface area contributed by atoms with E-state index in [1.165, 1.54) is 0 Å². The molecule has 1 heterocycles. The van der Waals surface area contributed by atoms with Crippen LogP contribution in [0.3, 0.4) is 0 Å². The van der Waals surface area contributed by atoms with Crippen molar-refractivity contribution >= 4 is 33.6 Å². The standard InChI is InChI=1S/C10H14BrNO2S/c1-15-7-3-2-6-12-10(13)8-4-5-9(11)14-8/h4-5H,2-3,6-7H2,1H3,(H,12,13). The van der Waals surface area contributed by atoms with Crippen LogP contribution in [-0.4, -0.2) is 24.5 Å². The summed E-state index contributed by atoms with van der Waals surface area (Å²) in [5.41, 5.74) is 0. The molecule has 0 atom stereocenters. The van der Waals surface area contributed by atoms with Crippen molar-refractivity contribution in [1.82, 2.24) is 5.32 Å². The number of hydrogen-bond acceptors (Lipinski definition) is 3. The average Bonchev–Trinajstić information content (AvgIpc) is 2.64. The molecular weight excluding hydrogens is 278 g/mol. The van der Waals surface area contributed by atoms with Gasteiger partial charge in [-0.05, 0) is 52.9 Å². The first kappa shape index (κ1) is 12.6. The summed E-state index contributed by atoms with van der Waals surface area (Å²) in [6.07, 6.45) is 4.22. The van der Waals surface area contributed by atoms with Crippen molar-refractivity contribution in [3.63, 3.8) is 0 Å². The van der Waals surface area contributed by atoms with Gasteiger partial charge in [-0.3, -0.25) is 4.79 Å². The van der Waals surface area contributed by atoms with Gasteiger partial charge < -0.3 is 9.73 Å². The van der Waals surface area contributed by atoms with Crippen LogP contribution >= 0.6 is 27.7 Å². The fourth-order valence-electron chi connectivity index (χ4n) is 1.10. The Morgan fingerprint density at radius 3 is 2.93 bits per heavy atom. The molecule has 1 rings (SSSR count). The van der Waals surface area contributed by atoms with Gasteiger partial charge in [-0.1, -0.05) is 0 Å². The molecule has 15 heavy (non-hydrogen) atoms. The minimum atomic E-state index is -0.148. The topological polar surface area (TPSA) is 42.2 Å². The molecule has 0 unspecified atom stereocenters. The Hall–Kier alpha value is -0.420. The van der Waals surface area contributed by atoms with Crippen molar-refractivity contribution in [2.24, 2.45) is 0 Å². The van der Waals surface area contributed by atoms with E-state index < -0.39 is 0 Å². The number of carbonyl (C=O) groups excluding carboxylic acids is 1. The highest BCUT2D eigenvalue weighted by Crippen LogP contribution is 2.13. The molecule has 0 aliphatic rings. The minimum absolute atomic E-state index is 0.148. The maximum absolute atomic E-state index is 11.5. The van der Waals surface area contributed by atoms with Crippen molar-refractivity contribution in [3.8, 4) is 0 Å². The predicted molar refractivity (Wildman–Crippen MR) is 66.4 cm³/mol. The van der Waals surface area contributed by atoms with Crippen LogP contribution in [0.5, 0.6) is 0 Å². The summed E-state index contributed by atoms with van der Waals surface area (Å²) < 4.78 is 5.70. The van der Waals surface area contributed by atoms with E-state index in [0.717, 1.165) is 18.6 Å². The predicted octanol–water partition coefficient (Wildman–Crippen LogP) is 2.92. The van der Waals surface area contributed by atoms with Gasteiger partial charge >= 0.3 is 0 Å². The smallest absolute Gasteiger partial charge is 0.287 e. The lowest BCUT2D eigenvalue weighted by Crippen LogP contribution is -2.23. The molecule has 0 bridgehead atoms. The molecule has 0 radical (unpaired) electrons. The van der Waals surface area contributed by atoms with Crippen molar-refractivity contribution in [2.45, 2.75) is 12.8 Å². The number of carbonyl (C=O) groups is 1. The highest BCUT2D eigenvalue weighted by molar-refractivity contribution is 9.10. The van der Waals surface area contributed by atoms with Gasteiger partial charge in [0.05, 0.1) is 0 Å². The normalized spacial score (nSPS) is 10.3. The van der Waals surface area contributed by atoms with Gasteiger partial charge in [-0.2, -0.15) is 11.8 Å². The summed E-state index contributed by atoms with van der Waals surface area (Å²) in [7, 11) is 0. The third kappa shape index (κ3) is 4.75. The molecule has 1 N–H and O–H groups in total. The summed E-state index contributed by atoms with van der Waals surface area (Å²) in [6, 6.07) is 3.37. The lowest BCUT2D eigenvalue weighted by Gasteiger charge is -2.01. The van der Waals surface area contributed by atoms with Gasteiger partial charge in [0.25, 0.3) is 5.91 Å². The van der Waals surface area contributed by atoms with E-state index in [0.29, 0.717) is 17.0 Å². The maximum atomic E-state index is 11.5. The Balaban J connectivity index is 2.19. The van der Waals surface area contributed by atoms with Crippen LogP contribution in [0.15, 0.2) is 21.2 Å². The van der Waals surface area contributed by atoms with Gasteiger partial charge in [-0.15, -0.1) is 0 Å². The third-order valence-electron chi connectivity index (χ3n) is 1.86. The molecule has 1 aromatic heterocycles. The first-order valence-electron chi connectivity index (χ1n) is 4.76. The molecule has 0 saturated carbocycles. The van der Waals surface area contributed by atoms with Crippen LogP contribution in [0, 0.1) is 0 Å². The van der Waals surface area contributed by atoms with Gasteiger partial charge in [0, 0.05) is 6.54 Å². The number of rotatable bonds is 6. The van der Waals surface area contributed by atoms with Crippen molar-refractivity contribution < 1.29 is 9.21 Å². The first-order chi connectivity index (χ1) is 7.24. The Morgan fingerprint density at radius 2 is 2.33 bits per heavy atom. The lowest BCUT2D eigenvalue weighted by atomic mass is 10.3. The Morgan fingerprint density at radius 1 is 1.53 bits per heavy atom. The number of amides is 1. The van der Waals surface area contributed by atoms with Crippen LogP contribution in [0.25, 0.3) is 0 Å². The second-order valence-electron chi connectivity index (χ2n) is 3.06. The second-order valence-corrected chi connectivity index (χ2v) is 4.83. The molecule has 0 aliphatic carbocycles. The second kappa shape index (κ2) is 6.95. The lowest BCUT2D eigenvalue weighted by molar-refractivity contribution is 0.0924. The van der Waals surface area contributed by atoms with E-state index in [1.807, 2.05) is 11.8 Å². The molecule has 5 heteroatoms. The van der Waals surface area contributed by atoms with Crippen LogP contribution < -0.4 is 5.32 Å². The Kier molecular flexibility index (Phi) is 5.86. The fourth-order valence-corrected chi connectivity index (χ4v) is 1.90. The molecule has 84 valence electrons. The molecule has 1 aromatic rings. The zero-order valence-corrected chi connectivity index (χ0v) is 11.0. The Bertz CT molecular complexity index is 314. The van der Waals surface area contributed by atoms with E-state index in [-0.39, 0.29) is 5.91 Å². The summed E-state index contributed by atoms with van der Waals surface area (Å²) >= 11 is 4.98. The molecule has 0 spiro atoms. The summed E-state index contributed by atoms with van der Waals surface area (Å²) in [5.74, 6) is 1.35. The molecule has 1 amide bonds. The fraction of sp³-hybridized carbons (Fsp3) is 0.500. The van der Waals surface area contributed by atoms with Crippen molar-refractivity contribution in [2.75, 3.05) is 18.6 Å². The molecule has 0 aliphatic heterocycles. The van der Waals surface area contributed by atoms with Crippen LogP contribution in [0.1, 0.15) is 23.4 Å². The highest BCUT2D eigenvalue weighted by Gasteiger charge is 2.08. The average molecular weight is 292 g/mol. The van der Waals surface area contributed by atoms with E-state index in [9.17, 15) is 4.79 Å². The van der Waals surface area contributed by atoms with E-state index in [4.69, 9.17) is 4.42 Å². The van der Waals surface area contributed by atoms with E-state index in [2.05, 4.69) is 27.5 Å². The number of furan rings is 1. The van der Waals surface area contributed by atoms with Gasteiger partial charge in [0.2, 0.25) is 0 Å².